The molecular weight excluding hydrogens is 648 g/mol. The number of aromatic nitrogens is 8. The molecule has 8 rings (SSSR count). The summed E-state index contributed by atoms with van der Waals surface area (Å²) in [7, 11) is 0. The number of halogens is 1. The lowest BCUT2D eigenvalue weighted by Gasteiger charge is -2.26. The van der Waals surface area contributed by atoms with Gasteiger partial charge in [-0.25, -0.2) is 23.7 Å². The smallest absolute Gasteiger partial charge is 0.154 e. The van der Waals surface area contributed by atoms with Gasteiger partial charge in [-0.2, -0.15) is 5.10 Å². The van der Waals surface area contributed by atoms with Crippen molar-refractivity contribution in [2.45, 2.75) is 75.7 Å². The molecule has 0 radical (unpaired) electrons. The molecule has 238 valence electrons. The monoisotopic (exact) mass is 684 g/mol. The van der Waals surface area contributed by atoms with Gasteiger partial charge < -0.3 is 20.8 Å². The zero-order valence-corrected chi connectivity index (χ0v) is 26.9. The van der Waals surface area contributed by atoms with Crippen LogP contribution in [0.3, 0.4) is 0 Å². The van der Waals surface area contributed by atoms with Crippen LogP contribution in [0.4, 0.5) is 11.6 Å². The summed E-state index contributed by atoms with van der Waals surface area (Å²) < 4.78 is 6.32. The fourth-order valence-electron chi connectivity index (χ4n) is 6.13. The van der Waals surface area contributed by atoms with Gasteiger partial charge in [0.25, 0.3) is 0 Å². The molecule has 4 N–H and O–H groups in total. The Morgan fingerprint density at radius 1 is 0.674 bits per heavy atom. The van der Waals surface area contributed by atoms with Gasteiger partial charge in [0.05, 0.1) is 36.0 Å². The Morgan fingerprint density at radius 2 is 1.24 bits per heavy atom. The highest BCUT2D eigenvalue weighted by molar-refractivity contribution is 9.10. The second-order valence-corrected chi connectivity index (χ2v) is 12.8. The van der Waals surface area contributed by atoms with E-state index in [0.717, 1.165) is 95.8 Å². The second kappa shape index (κ2) is 13.6. The van der Waals surface area contributed by atoms with E-state index in [0.29, 0.717) is 12.1 Å². The van der Waals surface area contributed by atoms with Crippen LogP contribution in [0, 0.1) is 0 Å². The molecule has 6 aromatic rings. The van der Waals surface area contributed by atoms with Gasteiger partial charge >= 0.3 is 0 Å². The quantitative estimate of drug-likeness (QED) is 0.179. The Balaban J connectivity index is 0.000000162. The van der Waals surface area contributed by atoms with Crippen molar-refractivity contribution in [3.63, 3.8) is 0 Å². The molecule has 2 aliphatic carbocycles. The van der Waals surface area contributed by atoms with Gasteiger partial charge in [0.2, 0.25) is 0 Å². The highest BCUT2D eigenvalue weighted by Crippen LogP contribution is 2.25. The summed E-state index contributed by atoms with van der Waals surface area (Å²) in [6, 6.07) is 18.7. The summed E-state index contributed by atoms with van der Waals surface area (Å²) in [5.74, 6) is 1.68. The molecule has 46 heavy (non-hydrogen) atoms. The van der Waals surface area contributed by atoms with E-state index < -0.39 is 0 Å². The molecule has 2 saturated carbocycles. The number of anilines is 2. The van der Waals surface area contributed by atoms with Crippen LogP contribution >= 0.6 is 15.9 Å². The first-order chi connectivity index (χ1) is 22.5. The van der Waals surface area contributed by atoms with Crippen molar-refractivity contribution in [3.05, 3.63) is 84.0 Å². The van der Waals surface area contributed by atoms with E-state index in [2.05, 4.69) is 58.9 Å². The molecular formula is C33H37BrN10O2. The summed E-state index contributed by atoms with van der Waals surface area (Å²) in [4.78, 5) is 8.70. The lowest BCUT2D eigenvalue weighted by atomic mass is 9.93. The van der Waals surface area contributed by atoms with Crippen LogP contribution in [0.5, 0.6) is 0 Å². The van der Waals surface area contributed by atoms with Crippen LogP contribution in [-0.4, -0.2) is 73.5 Å². The van der Waals surface area contributed by atoms with Crippen LogP contribution in [0.1, 0.15) is 51.4 Å². The minimum absolute atomic E-state index is 0.124. The van der Waals surface area contributed by atoms with Crippen molar-refractivity contribution in [3.8, 4) is 16.9 Å². The average Bonchev–Trinajstić information content (AvgIpc) is 3.85. The van der Waals surface area contributed by atoms with Crippen molar-refractivity contribution in [2.24, 2.45) is 0 Å². The molecule has 5 heterocycles. The summed E-state index contributed by atoms with van der Waals surface area (Å²) in [5.41, 5.74) is 4.65. The number of hydrogen-bond acceptors (Lipinski definition) is 9. The molecule has 0 saturated heterocycles. The highest BCUT2D eigenvalue weighted by Gasteiger charge is 2.21. The van der Waals surface area contributed by atoms with Crippen molar-refractivity contribution >= 4 is 38.9 Å². The Kier molecular flexibility index (Phi) is 8.95. The predicted molar refractivity (Wildman–Crippen MR) is 180 cm³/mol. The van der Waals surface area contributed by atoms with Crippen LogP contribution in [0.2, 0.25) is 0 Å². The Labute approximate surface area is 274 Å². The van der Waals surface area contributed by atoms with Gasteiger partial charge in [-0.3, -0.25) is 0 Å². The largest absolute Gasteiger partial charge is 0.393 e. The zero-order chi connectivity index (χ0) is 31.5. The zero-order valence-electron chi connectivity index (χ0n) is 25.3. The summed E-state index contributed by atoms with van der Waals surface area (Å²) in [5, 5.41) is 39.6. The number of benzene rings is 1. The number of aliphatic hydroxyl groups is 2. The third kappa shape index (κ3) is 6.91. The average molecular weight is 686 g/mol. The third-order valence-electron chi connectivity index (χ3n) is 8.71. The van der Waals surface area contributed by atoms with Gasteiger partial charge in [0, 0.05) is 30.0 Å². The minimum Gasteiger partial charge on any atom is -0.393 e. The molecule has 0 atom stereocenters. The van der Waals surface area contributed by atoms with E-state index in [1.54, 1.807) is 16.9 Å². The van der Waals surface area contributed by atoms with Gasteiger partial charge in [0.15, 0.2) is 11.3 Å². The summed E-state index contributed by atoms with van der Waals surface area (Å²) >= 11 is 3.41. The Morgan fingerprint density at radius 3 is 1.83 bits per heavy atom. The fraction of sp³-hybridized carbons (Fsp3) is 0.364. The van der Waals surface area contributed by atoms with Crippen LogP contribution in [0.25, 0.3) is 28.2 Å². The molecule has 0 spiro atoms. The lowest BCUT2D eigenvalue weighted by molar-refractivity contribution is 0.125. The van der Waals surface area contributed by atoms with E-state index in [-0.39, 0.29) is 12.2 Å². The maximum Gasteiger partial charge on any atom is 0.154 e. The van der Waals surface area contributed by atoms with E-state index in [1.165, 1.54) is 0 Å². The second-order valence-electron chi connectivity index (χ2n) is 12.0. The molecule has 0 amide bonds. The molecule has 2 aliphatic rings. The summed E-state index contributed by atoms with van der Waals surface area (Å²) in [6.45, 7) is 0. The topological polar surface area (TPSA) is 143 Å². The maximum atomic E-state index is 9.69. The molecule has 0 aliphatic heterocycles. The van der Waals surface area contributed by atoms with Crippen LogP contribution in [0.15, 0.2) is 84.0 Å². The molecule has 1 aromatic carbocycles. The van der Waals surface area contributed by atoms with E-state index in [4.69, 9.17) is 5.10 Å². The SMILES string of the molecule is OC1CCC(Nc2ccc3ncc(-c4ccc(-n5cccn5)cc4)n3n2)CC1.OC1CCC(Nc2ccc3ncc(Br)n3n2)CC1. The number of nitrogens with one attached hydrogen (secondary N) is 2. The molecule has 12 nitrogen and oxygen atoms in total. The van der Waals surface area contributed by atoms with E-state index >= 15 is 0 Å². The fourth-order valence-corrected chi connectivity index (χ4v) is 6.50. The first-order valence-electron chi connectivity index (χ1n) is 15.8. The molecule has 0 bridgehead atoms. The van der Waals surface area contributed by atoms with Crippen LogP contribution in [-0.2, 0) is 0 Å². The highest BCUT2D eigenvalue weighted by atomic mass is 79.9. The molecule has 13 heteroatoms. The number of nitrogens with zero attached hydrogens (tertiary/aromatic N) is 8. The number of fused-ring (bicyclic) bond motifs is 2. The van der Waals surface area contributed by atoms with Crippen molar-refractivity contribution in [2.75, 3.05) is 10.6 Å². The van der Waals surface area contributed by atoms with Gasteiger partial charge in [-0.15, -0.1) is 10.2 Å². The Bertz CT molecular complexity index is 1870. The Hall–Kier alpha value is -4.33. The number of aliphatic hydroxyl groups excluding tert-OH is 2. The van der Waals surface area contributed by atoms with Crippen molar-refractivity contribution in [1.29, 1.82) is 0 Å². The standard InChI is InChI=1S/C21H22N6O.C12H15BrN4O/c28-18-8-4-16(5-9-18)24-20-10-11-21-22-14-19(27(21)25-20)15-2-6-17(7-3-15)26-13-1-12-23-26;13-10-7-14-12-6-5-11(16-17(10)12)15-8-1-3-9(18)4-2-8/h1-3,6-7,10-14,16,18,28H,4-5,8-9H2,(H,24,25);5-9,18H,1-4H2,(H,15,16). The molecule has 0 unspecified atom stereocenters. The maximum absolute atomic E-state index is 9.69. The van der Waals surface area contributed by atoms with E-state index in [1.807, 2.05) is 64.1 Å². The number of hydrogen-bond donors (Lipinski definition) is 4. The third-order valence-corrected chi connectivity index (χ3v) is 9.25. The first-order valence-corrected chi connectivity index (χ1v) is 16.6. The minimum atomic E-state index is -0.154. The molecule has 2 fully saturated rings. The molecule has 5 aromatic heterocycles. The summed E-state index contributed by atoms with van der Waals surface area (Å²) in [6.07, 6.45) is 14.4. The van der Waals surface area contributed by atoms with E-state index in [9.17, 15) is 10.2 Å². The number of rotatable bonds is 6. The van der Waals surface area contributed by atoms with Gasteiger partial charge in [-0.05, 0) is 110 Å². The lowest BCUT2D eigenvalue weighted by Crippen LogP contribution is -2.28. The van der Waals surface area contributed by atoms with Crippen molar-refractivity contribution < 1.29 is 10.2 Å². The first kappa shape index (κ1) is 30.3. The van der Waals surface area contributed by atoms with Gasteiger partial charge in [-0.1, -0.05) is 12.1 Å². The number of imidazole rings is 2. The van der Waals surface area contributed by atoms with Crippen LogP contribution < -0.4 is 10.6 Å². The van der Waals surface area contributed by atoms with Crippen molar-refractivity contribution in [1.82, 2.24) is 39.0 Å². The van der Waals surface area contributed by atoms with Gasteiger partial charge in [0.1, 0.15) is 16.2 Å². The predicted octanol–water partition coefficient (Wildman–Crippen LogP) is 5.50. The normalized spacial score (nSPS) is 21.5.